The maximum Gasteiger partial charge on any atom is 0.236 e. The molecule has 1 saturated heterocycles. The number of nitrogens with zero attached hydrogens (tertiary/aromatic N) is 3. The van der Waals surface area contributed by atoms with E-state index >= 15 is 0 Å². The lowest BCUT2D eigenvalue weighted by Gasteiger charge is -2.48. The molecule has 0 unspecified atom stereocenters. The molecule has 1 aromatic carbocycles. The molecule has 0 bridgehead atoms. The van der Waals surface area contributed by atoms with Crippen molar-refractivity contribution in [1.29, 1.82) is 5.26 Å². The van der Waals surface area contributed by atoms with E-state index in [1.165, 1.54) is 11.8 Å². The lowest BCUT2D eigenvalue weighted by molar-refractivity contribution is -0.131. The van der Waals surface area contributed by atoms with Crippen LogP contribution in [0.2, 0.25) is 0 Å². The van der Waals surface area contributed by atoms with Crippen molar-refractivity contribution in [3.8, 4) is 6.07 Å². The highest BCUT2D eigenvalue weighted by atomic mass is 32.2. The predicted octanol–water partition coefficient (Wildman–Crippen LogP) is 1.24. The van der Waals surface area contributed by atoms with Crippen LogP contribution in [-0.4, -0.2) is 49.4 Å². The lowest BCUT2D eigenvalue weighted by atomic mass is 9.69. The number of sulfonamides is 1. The van der Waals surface area contributed by atoms with Gasteiger partial charge in [-0.2, -0.15) is 9.57 Å². The predicted molar refractivity (Wildman–Crippen MR) is 89.4 cm³/mol. The van der Waals surface area contributed by atoms with E-state index in [0.29, 0.717) is 39.0 Å². The van der Waals surface area contributed by atoms with Crippen LogP contribution in [0.5, 0.6) is 0 Å². The van der Waals surface area contributed by atoms with Crippen LogP contribution in [-0.2, 0) is 26.8 Å². The molecule has 1 spiro atoms. The fraction of sp³-hybridized carbons (Fsp3) is 0.529. The van der Waals surface area contributed by atoms with Crippen LogP contribution in [0.3, 0.4) is 0 Å². The fourth-order valence-corrected chi connectivity index (χ4v) is 4.72. The SMILES string of the molecule is CS(=O)(=O)N1Cc2ccccc2C2(CCN(C(=O)CC#N)CC2)C1. The van der Waals surface area contributed by atoms with Crippen molar-refractivity contribution >= 4 is 15.9 Å². The molecule has 0 saturated carbocycles. The van der Waals surface area contributed by atoms with Crippen LogP contribution in [0.1, 0.15) is 30.4 Å². The van der Waals surface area contributed by atoms with Crippen LogP contribution in [0.25, 0.3) is 0 Å². The largest absolute Gasteiger partial charge is 0.342 e. The monoisotopic (exact) mass is 347 g/mol. The molecule has 128 valence electrons. The summed E-state index contributed by atoms with van der Waals surface area (Å²) < 4.78 is 25.8. The van der Waals surface area contributed by atoms with Crippen molar-refractivity contribution in [2.75, 3.05) is 25.9 Å². The molecule has 0 aromatic heterocycles. The van der Waals surface area contributed by atoms with Crippen molar-refractivity contribution in [2.45, 2.75) is 31.2 Å². The van der Waals surface area contributed by atoms with Gasteiger partial charge in [-0.05, 0) is 24.0 Å². The summed E-state index contributed by atoms with van der Waals surface area (Å²) >= 11 is 0. The lowest BCUT2D eigenvalue weighted by Crippen LogP contribution is -2.53. The molecule has 2 aliphatic heterocycles. The van der Waals surface area contributed by atoms with E-state index in [1.54, 1.807) is 9.21 Å². The fourth-order valence-electron chi connectivity index (χ4n) is 3.87. The van der Waals surface area contributed by atoms with Gasteiger partial charge in [0.2, 0.25) is 15.9 Å². The summed E-state index contributed by atoms with van der Waals surface area (Å²) in [7, 11) is -3.27. The van der Waals surface area contributed by atoms with Crippen LogP contribution in [0.15, 0.2) is 24.3 Å². The number of amides is 1. The van der Waals surface area contributed by atoms with Crippen molar-refractivity contribution < 1.29 is 13.2 Å². The second-order valence-electron chi connectivity index (χ2n) is 6.68. The third kappa shape index (κ3) is 3.04. The first-order valence-electron chi connectivity index (χ1n) is 8.04. The Bertz CT molecular complexity index is 790. The number of fused-ring (bicyclic) bond motifs is 2. The van der Waals surface area contributed by atoms with Crippen molar-refractivity contribution in [3.63, 3.8) is 0 Å². The average molecular weight is 347 g/mol. The van der Waals surface area contributed by atoms with Gasteiger partial charge in [-0.1, -0.05) is 24.3 Å². The topological polar surface area (TPSA) is 81.5 Å². The molecule has 2 aliphatic rings. The van der Waals surface area contributed by atoms with Gasteiger partial charge in [0.25, 0.3) is 0 Å². The smallest absolute Gasteiger partial charge is 0.236 e. The normalized spacial score (nSPS) is 20.4. The molecule has 24 heavy (non-hydrogen) atoms. The third-order valence-corrected chi connectivity index (χ3v) is 6.38. The van der Waals surface area contributed by atoms with Crippen molar-refractivity contribution in [3.05, 3.63) is 35.4 Å². The highest BCUT2D eigenvalue weighted by Gasteiger charge is 2.44. The molecular weight excluding hydrogens is 326 g/mol. The van der Waals surface area contributed by atoms with E-state index < -0.39 is 10.0 Å². The van der Waals surface area contributed by atoms with Gasteiger partial charge in [-0.15, -0.1) is 0 Å². The first-order valence-corrected chi connectivity index (χ1v) is 9.89. The average Bonchev–Trinajstić information content (AvgIpc) is 2.55. The molecule has 7 heteroatoms. The molecule has 0 aliphatic carbocycles. The number of piperidine rings is 1. The molecule has 2 heterocycles. The first kappa shape index (κ1) is 16.9. The summed E-state index contributed by atoms with van der Waals surface area (Å²) in [6.07, 6.45) is 2.58. The Kier molecular flexibility index (Phi) is 4.37. The minimum atomic E-state index is -3.27. The maximum absolute atomic E-state index is 12.1. The number of benzene rings is 1. The van der Waals surface area contributed by atoms with Gasteiger partial charge in [-0.25, -0.2) is 8.42 Å². The van der Waals surface area contributed by atoms with Crippen LogP contribution >= 0.6 is 0 Å². The first-order chi connectivity index (χ1) is 11.4. The highest BCUT2D eigenvalue weighted by Crippen LogP contribution is 2.42. The van der Waals surface area contributed by atoms with Gasteiger partial charge in [0.05, 0.1) is 12.3 Å². The van der Waals surface area contributed by atoms with Gasteiger partial charge in [0.15, 0.2) is 0 Å². The van der Waals surface area contributed by atoms with Crippen molar-refractivity contribution in [2.24, 2.45) is 0 Å². The molecular formula is C17H21N3O3S. The van der Waals surface area contributed by atoms with Gasteiger partial charge >= 0.3 is 0 Å². The molecule has 0 radical (unpaired) electrons. The standard InChI is InChI=1S/C17H21N3O3S/c1-24(22,23)20-12-14-4-2-3-5-15(14)17(13-20)7-10-19(11-8-17)16(21)6-9-18/h2-5H,6-8,10-13H2,1H3. The zero-order valence-corrected chi connectivity index (χ0v) is 14.6. The summed E-state index contributed by atoms with van der Waals surface area (Å²) in [5.74, 6) is -0.142. The number of hydrogen-bond donors (Lipinski definition) is 0. The number of nitriles is 1. The van der Waals surface area contributed by atoms with Gasteiger partial charge in [-0.3, -0.25) is 4.79 Å². The van der Waals surface area contributed by atoms with Crippen molar-refractivity contribution in [1.82, 2.24) is 9.21 Å². The van der Waals surface area contributed by atoms with Crippen LogP contribution < -0.4 is 0 Å². The minimum Gasteiger partial charge on any atom is -0.342 e. The van der Waals surface area contributed by atoms with E-state index in [4.69, 9.17) is 5.26 Å². The number of hydrogen-bond acceptors (Lipinski definition) is 4. The molecule has 1 fully saturated rings. The highest BCUT2D eigenvalue weighted by molar-refractivity contribution is 7.88. The summed E-state index contributed by atoms with van der Waals surface area (Å²) in [5, 5.41) is 8.69. The molecule has 1 aromatic rings. The Labute approximate surface area is 142 Å². The number of likely N-dealkylation sites (tertiary alicyclic amines) is 1. The zero-order chi connectivity index (χ0) is 17.4. The van der Waals surface area contributed by atoms with Crippen LogP contribution in [0, 0.1) is 11.3 Å². The zero-order valence-electron chi connectivity index (χ0n) is 13.7. The minimum absolute atomic E-state index is 0.0982. The van der Waals surface area contributed by atoms with E-state index in [1.807, 2.05) is 24.3 Å². The second-order valence-corrected chi connectivity index (χ2v) is 8.67. The molecule has 6 nitrogen and oxygen atoms in total. The molecule has 1 amide bonds. The van der Waals surface area contributed by atoms with Crippen LogP contribution in [0.4, 0.5) is 0 Å². The number of carbonyl (C=O) groups is 1. The van der Waals surface area contributed by atoms with E-state index in [2.05, 4.69) is 6.07 Å². The Morgan fingerprint density at radius 3 is 2.58 bits per heavy atom. The van der Waals surface area contributed by atoms with E-state index in [0.717, 1.165) is 5.56 Å². The van der Waals surface area contributed by atoms with E-state index in [9.17, 15) is 13.2 Å². The molecule has 3 rings (SSSR count). The quantitative estimate of drug-likeness (QED) is 0.806. The Morgan fingerprint density at radius 1 is 1.29 bits per heavy atom. The van der Waals surface area contributed by atoms with Gasteiger partial charge in [0.1, 0.15) is 6.42 Å². The van der Waals surface area contributed by atoms with Gasteiger partial charge < -0.3 is 4.90 Å². The molecule has 0 atom stereocenters. The van der Waals surface area contributed by atoms with Gasteiger partial charge in [0, 0.05) is 31.6 Å². The summed E-state index contributed by atoms with van der Waals surface area (Å²) in [4.78, 5) is 13.7. The second kappa shape index (κ2) is 6.19. The number of carbonyl (C=O) groups excluding carboxylic acids is 1. The maximum atomic E-state index is 12.1. The summed E-state index contributed by atoms with van der Waals surface area (Å²) in [6.45, 7) is 2.00. The Balaban J connectivity index is 1.90. The van der Waals surface area contributed by atoms with E-state index in [-0.39, 0.29) is 17.7 Å². The summed E-state index contributed by atoms with van der Waals surface area (Å²) in [5.41, 5.74) is 2.00. The Morgan fingerprint density at radius 2 is 1.96 bits per heavy atom. The molecule has 0 N–H and O–H groups in total. The third-order valence-electron chi connectivity index (χ3n) is 5.19. The number of rotatable bonds is 2. The summed E-state index contributed by atoms with van der Waals surface area (Å²) in [6, 6.07) is 9.90. The Hall–Kier alpha value is -1.91.